The SMILES string of the molecule is CCc1ccsc1OCCCN. The lowest BCUT2D eigenvalue weighted by Crippen LogP contribution is -2.06. The van der Waals surface area contributed by atoms with Crippen molar-refractivity contribution < 1.29 is 4.74 Å². The van der Waals surface area contributed by atoms with E-state index >= 15 is 0 Å². The van der Waals surface area contributed by atoms with Gasteiger partial charge in [0.25, 0.3) is 0 Å². The molecule has 2 nitrogen and oxygen atoms in total. The van der Waals surface area contributed by atoms with Gasteiger partial charge in [0.2, 0.25) is 0 Å². The van der Waals surface area contributed by atoms with Gasteiger partial charge >= 0.3 is 0 Å². The molecule has 0 radical (unpaired) electrons. The van der Waals surface area contributed by atoms with Crippen molar-refractivity contribution in [1.29, 1.82) is 0 Å². The van der Waals surface area contributed by atoms with Crippen LogP contribution in [-0.2, 0) is 6.42 Å². The monoisotopic (exact) mass is 185 g/mol. The quantitative estimate of drug-likeness (QED) is 0.712. The molecule has 1 heterocycles. The Labute approximate surface area is 77.3 Å². The first-order chi connectivity index (χ1) is 5.88. The molecule has 0 atom stereocenters. The first-order valence-corrected chi connectivity index (χ1v) is 5.15. The van der Waals surface area contributed by atoms with E-state index in [9.17, 15) is 0 Å². The molecular formula is C9H15NOS. The predicted molar refractivity (Wildman–Crippen MR) is 52.9 cm³/mol. The van der Waals surface area contributed by atoms with Gasteiger partial charge in [-0.3, -0.25) is 0 Å². The summed E-state index contributed by atoms with van der Waals surface area (Å²) in [4.78, 5) is 0. The van der Waals surface area contributed by atoms with Crippen molar-refractivity contribution >= 4 is 11.3 Å². The third kappa shape index (κ3) is 2.50. The van der Waals surface area contributed by atoms with Crippen LogP contribution in [0.15, 0.2) is 11.4 Å². The molecule has 0 aromatic carbocycles. The number of thiophene rings is 1. The van der Waals surface area contributed by atoms with E-state index in [1.165, 1.54) is 5.56 Å². The van der Waals surface area contributed by atoms with Gasteiger partial charge in [-0.25, -0.2) is 0 Å². The molecule has 0 saturated carbocycles. The number of ether oxygens (including phenoxy) is 1. The van der Waals surface area contributed by atoms with Crippen molar-refractivity contribution in [2.45, 2.75) is 19.8 Å². The van der Waals surface area contributed by atoms with Crippen molar-refractivity contribution in [3.63, 3.8) is 0 Å². The minimum Gasteiger partial charge on any atom is -0.484 e. The second kappa shape index (κ2) is 5.17. The summed E-state index contributed by atoms with van der Waals surface area (Å²) in [5.41, 5.74) is 6.66. The average Bonchev–Trinajstić information content (AvgIpc) is 2.52. The van der Waals surface area contributed by atoms with E-state index in [1.54, 1.807) is 11.3 Å². The summed E-state index contributed by atoms with van der Waals surface area (Å²) in [6.45, 7) is 3.58. The molecule has 0 aliphatic carbocycles. The van der Waals surface area contributed by atoms with Gasteiger partial charge in [-0.15, -0.1) is 11.3 Å². The topological polar surface area (TPSA) is 35.2 Å². The normalized spacial score (nSPS) is 10.2. The molecule has 0 fully saturated rings. The van der Waals surface area contributed by atoms with Crippen molar-refractivity contribution in [2.75, 3.05) is 13.2 Å². The second-order valence-corrected chi connectivity index (χ2v) is 3.46. The van der Waals surface area contributed by atoms with Crippen molar-refractivity contribution in [2.24, 2.45) is 5.73 Å². The fourth-order valence-electron chi connectivity index (χ4n) is 0.959. The summed E-state index contributed by atoms with van der Waals surface area (Å²) in [7, 11) is 0. The van der Waals surface area contributed by atoms with E-state index in [0.717, 1.165) is 24.5 Å². The standard InChI is InChI=1S/C9H15NOS/c1-2-8-4-7-12-9(8)11-6-3-5-10/h4,7H,2-3,5-6,10H2,1H3. The number of aryl methyl sites for hydroxylation is 1. The molecule has 0 amide bonds. The first kappa shape index (κ1) is 9.55. The molecule has 68 valence electrons. The lowest BCUT2D eigenvalue weighted by Gasteiger charge is -2.03. The molecule has 0 bridgehead atoms. The molecule has 1 aromatic heterocycles. The lowest BCUT2D eigenvalue weighted by atomic mass is 10.3. The number of nitrogens with two attached hydrogens (primary N) is 1. The van der Waals surface area contributed by atoms with Crippen LogP contribution in [0.25, 0.3) is 0 Å². The largest absolute Gasteiger partial charge is 0.484 e. The third-order valence-corrected chi connectivity index (χ3v) is 2.54. The van der Waals surface area contributed by atoms with Gasteiger partial charge in [0.15, 0.2) is 5.06 Å². The van der Waals surface area contributed by atoms with E-state index in [4.69, 9.17) is 10.5 Å². The van der Waals surface area contributed by atoms with E-state index in [2.05, 4.69) is 18.4 Å². The Morgan fingerprint density at radius 3 is 3.08 bits per heavy atom. The van der Waals surface area contributed by atoms with Crippen LogP contribution in [0.4, 0.5) is 0 Å². The van der Waals surface area contributed by atoms with E-state index in [1.807, 2.05) is 0 Å². The molecule has 0 saturated heterocycles. The maximum Gasteiger partial charge on any atom is 0.176 e. The molecule has 1 aromatic rings. The maximum atomic E-state index is 5.55. The number of rotatable bonds is 5. The third-order valence-electron chi connectivity index (χ3n) is 1.67. The minimum atomic E-state index is 0.701. The van der Waals surface area contributed by atoms with Gasteiger partial charge in [0.1, 0.15) is 0 Å². The highest BCUT2D eigenvalue weighted by Crippen LogP contribution is 2.26. The summed E-state index contributed by atoms with van der Waals surface area (Å²) < 4.78 is 5.55. The lowest BCUT2D eigenvalue weighted by molar-refractivity contribution is 0.320. The van der Waals surface area contributed by atoms with Crippen LogP contribution in [-0.4, -0.2) is 13.2 Å². The summed E-state index contributed by atoms with van der Waals surface area (Å²) >= 11 is 1.66. The van der Waals surface area contributed by atoms with Gasteiger partial charge < -0.3 is 10.5 Å². The molecule has 3 heteroatoms. The second-order valence-electron chi connectivity index (χ2n) is 2.58. The number of hydrogen-bond donors (Lipinski definition) is 1. The molecule has 1 rings (SSSR count). The van der Waals surface area contributed by atoms with Crippen LogP contribution in [0.5, 0.6) is 5.06 Å². The minimum absolute atomic E-state index is 0.701. The van der Waals surface area contributed by atoms with Crippen LogP contribution in [0.3, 0.4) is 0 Å². The van der Waals surface area contributed by atoms with Crippen LogP contribution >= 0.6 is 11.3 Å². The van der Waals surface area contributed by atoms with Crippen LogP contribution < -0.4 is 10.5 Å². The smallest absolute Gasteiger partial charge is 0.176 e. The van der Waals surface area contributed by atoms with Gasteiger partial charge in [-0.05, 0) is 30.8 Å². The first-order valence-electron chi connectivity index (χ1n) is 4.27. The van der Waals surface area contributed by atoms with Gasteiger partial charge in [0.05, 0.1) is 6.61 Å². The highest BCUT2D eigenvalue weighted by Gasteiger charge is 2.01. The summed E-state index contributed by atoms with van der Waals surface area (Å²) in [5, 5.41) is 3.13. The predicted octanol–water partition coefficient (Wildman–Crippen LogP) is 2.04. The van der Waals surface area contributed by atoms with Gasteiger partial charge in [0, 0.05) is 5.56 Å². The summed E-state index contributed by atoms with van der Waals surface area (Å²) in [6.07, 6.45) is 1.97. The maximum absolute atomic E-state index is 5.55. The Hall–Kier alpha value is -0.540. The Bertz CT molecular complexity index is 222. The zero-order chi connectivity index (χ0) is 8.81. The molecule has 0 aliphatic heterocycles. The fraction of sp³-hybridized carbons (Fsp3) is 0.556. The molecule has 0 spiro atoms. The molecule has 0 unspecified atom stereocenters. The number of hydrogen-bond acceptors (Lipinski definition) is 3. The zero-order valence-electron chi connectivity index (χ0n) is 7.38. The van der Waals surface area contributed by atoms with Gasteiger partial charge in [-0.1, -0.05) is 6.92 Å². The van der Waals surface area contributed by atoms with Crippen LogP contribution in [0, 0.1) is 0 Å². The molecule has 12 heavy (non-hydrogen) atoms. The van der Waals surface area contributed by atoms with Crippen molar-refractivity contribution in [3.8, 4) is 5.06 Å². The Morgan fingerprint density at radius 2 is 2.42 bits per heavy atom. The van der Waals surface area contributed by atoms with Crippen LogP contribution in [0.2, 0.25) is 0 Å². The zero-order valence-corrected chi connectivity index (χ0v) is 8.19. The molecular weight excluding hydrogens is 170 g/mol. The van der Waals surface area contributed by atoms with E-state index < -0.39 is 0 Å². The molecule has 2 N–H and O–H groups in total. The summed E-state index contributed by atoms with van der Waals surface area (Å²) in [5.74, 6) is 0. The Balaban J connectivity index is 2.39. The van der Waals surface area contributed by atoms with E-state index in [-0.39, 0.29) is 0 Å². The average molecular weight is 185 g/mol. The molecule has 0 aliphatic rings. The Morgan fingerprint density at radius 1 is 1.58 bits per heavy atom. The summed E-state index contributed by atoms with van der Waals surface area (Å²) in [6, 6.07) is 2.11. The van der Waals surface area contributed by atoms with E-state index in [0.29, 0.717) is 6.54 Å². The van der Waals surface area contributed by atoms with Gasteiger partial charge in [-0.2, -0.15) is 0 Å². The van der Waals surface area contributed by atoms with Crippen molar-refractivity contribution in [1.82, 2.24) is 0 Å². The Kier molecular flexibility index (Phi) is 4.11. The highest BCUT2D eigenvalue weighted by molar-refractivity contribution is 7.12. The fourth-order valence-corrected chi connectivity index (χ4v) is 1.83. The highest BCUT2D eigenvalue weighted by atomic mass is 32.1. The van der Waals surface area contributed by atoms with Crippen molar-refractivity contribution in [3.05, 3.63) is 17.0 Å². The van der Waals surface area contributed by atoms with Crippen LogP contribution in [0.1, 0.15) is 18.9 Å².